The number of nitrogens with zero attached hydrogens (tertiary/aromatic N) is 1. The number of hydrogen-bond donors (Lipinski definition) is 2. The van der Waals surface area contributed by atoms with Crippen LogP contribution in [0.5, 0.6) is 0 Å². The van der Waals surface area contributed by atoms with E-state index in [4.69, 9.17) is 11.6 Å². The van der Waals surface area contributed by atoms with Crippen molar-refractivity contribution in [3.8, 4) is 0 Å². The van der Waals surface area contributed by atoms with Crippen molar-refractivity contribution in [1.29, 1.82) is 0 Å². The second-order valence-electron chi connectivity index (χ2n) is 7.66. The Bertz CT molecular complexity index is 1500. The van der Waals surface area contributed by atoms with Gasteiger partial charge in [-0.3, -0.25) is 9.52 Å². The average Bonchev–Trinajstić information content (AvgIpc) is 3.40. The molecule has 0 aromatic heterocycles. The van der Waals surface area contributed by atoms with Gasteiger partial charge in [0, 0.05) is 35.1 Å². The smallest absolute Gasteiger partial charge is 0.262 e. The Morgan fingerprint density at radius 1 is 0.938 bits per heavy atom. The minimum atomic E-state index is -4.10. The van der Waals surface area contributed by atoms with Crippen LogP contribution in [-0.4, -0.2) is 40.1 Å². The second kappa shape index (κ2) is 7.45. The fraction of sp³-hybridized carbons (Fsp3) is 0.190. The van der Waals surface area contributed by atoms with Crippen molar-refractivity contribution in [3.63, 3.8) is 0 Å². The topological polar surface area (TPSA) is 113 Å². The van der Waals surface area contributed by atoms with Crippen LogP contribution in [0.25, 0.3) is 10.8 Å². The summed E-state index contributed by atoms with van der Waals surface area (Å²) >= 11 is 6.16. The summed E-state index contributed by atoms with van der Waals surface area (Å²) in [5.74, 6) is -0.289. The summed E-state index contributed by atoms with van der Waals surface area (Å²) in [5, 5.41) is 3.67. The van der Waals surface area contributed by atoms with Gasteiger partial charge in [-0.25, -0.2) is 16.8 Å². The third-order valence-corrected chi connectivity index (χ3v) is 9.47. The number of amides is 1. The summed E-state index contributed by atoms with van der Waals surface area (Å²) in [6.07, 6.45) is 1.54. The molecule has 0 aliphatic carbocycles. The molecule has 32 heavy (non-hydrogen) atoms. The molecule has 0 radical (unpaired) electrons. The number of sulfonamides is 2. The largest absolute Gasteiger partial charge is 0.321 e. The predicted octanol–water partition coefficient (Wildman–Crippen LogP) is 3.64. The zero-order valence-electron chi connectivity index (χ0n) is 16.6. The second-order valence-corrected chi connectivity index (χ2v) is 11.6. The molecule has 3 aromatic carbocycles. The number of hydrogen-bond acceptors (Lipinski definition) is 5. The van der Waals surface area contributed by atoms with Gasteiger partial charge in [-0.2, -0.15) is 4.31 Å². The van der Waals surface area contributed by atoms with Gasteiger partial charge in [0.05, 0.1) is 15.6 Å². The molecule has 0 atom stereocenters. The summed E-state index contributed by atoms with van der Waals surface area (Å²) in [4.78, 5) is 12.0. The first-order valence-electron chi connectivity index (χ1n) is 9.88. The van der Waals surface area contributed by atoms with Gasteiger partial charge in [0.25, 0.3) is 15.9 Å². The van der Waals surface area contributed by atoms with Crippen LogP contribution in [0.15, 0.2) is 58.3 Å². The lowest BCUT2D eigenvalue weighted by molar-refractivity contribution is 0.103. The highest BCUT2D eigenvalue weighted by Gasteiger charge is 2.30. The quantitative estimate of drug-likeness (QED) is 0.565. The van der Waals surface area contributed by atoms with Gasteiger partial charge in [0.2, 0.25) is 10.0 Å². The molecule has 1 amide bonds. The van der Waals surface area contributed by atoms with Crippen LogP contribution in [0, 0.1) is 0 Å². The Labute approximate surface area is 190 Å². The lowest BCUT2D eigenvalue weighted by Gasteiger charge is -2.18. The molecule has 0 bridgehead atoms. The average molecular weight is 492 g/mol. The Balaban J connectivity index is 1.56. The maximum absolute atomic E-state index is 13.2. The number of carbonyl (C=O) groups excluding carboxylic acids is 1. The van der Waals surface area contributed by atoms with Gasteiger partial charge in [-0.1, -0.05) is 23.7 Å². The number of halogens is 1. The molecular formula is C21H18ClN3O5S2. The molecule has 0 saturated carbocycles. The van der Waals surface area contributed by atoms with E-state index in [0.717, 1.165) is 12.8 Å². The Morgan fingerprint density at radius 2 is 1.69 bits per heavy atom. The first-order valence-corrected chi connectivity index (χ1v) is 13.2. The SMILES string of the molecule is O=C1Nc2ccc(S(=O)(=O)Nc3ccc(Cl)c(S(=O)(=O)N4CCCC4)c3)c3cccc1c23. The van der Waals surface area contributed by atoms with E-state index >= 15 is 0 Å². The molecule has 2 heterocycles. The number of nitrogens with one attached hydrogen (secondary N) is 2. The molecule has 1 saturated heterocycles. The van der Waals surface area contributed by atoms with Gasteiger partial charge >= 0.3 is 0 Å². The van der Waals surface area contributed by atoms with Crippen LogP contribution in [0.2, 0.25) is 5.02 Å². The van der Waals surface area contributed by atoms with Gasteiger partial charge in [0.1, 0.15) is 4.90 Å². The van der Waals surface area contributed by atoms with E-state index in [-0.39, 0.29) is 26.4 Å². The highest BCUT2D eigenvalue weighted by Crippen LogP contribution is 2.37. The minimum absolute atomic E-state index is 0.0199. The van der Waals surface area contributed by atoms with E-state index in [0.29, 0.717) is 35.1 Å². The van der Waals surface area contributed by atoms with Crippen molar-refractivity contribution < 1.29 is 21.6 Å². The van der Waals surface area contributed by atoms with Crippen molar-refractivity contribution in [1.82, 2.24) is 4.31 Å². The molecule has 2 aliphatic rings. The Hall–Kier alpha value is -2.66. The van der Waals surface area contributed by atoms with Crippen LogP contribution >= 0.6 is 11.6 Å². The molecule has 0 spiro atoms. The van der Waals surface area contributed by atoms with Crippen molar-refractivity contribution in [2.45, 2.75) is 22.6 Å². The van der Waals surface area contributed by atoms with Gasteiger partial charge in [-0.05, 0) is 49.2 Å². The first kappa shape index (κ1) is 21.2. The normalized spacial score (nSPS) is 16.5. The van der Waals surface area contributed by atoms with E-state index in [1.165, 1.54) is 34.6 Å². The highest BCUT2D eigenvalue weighted by molar-refractivity contribution is 7.93. The van der Waals surface area contributed by atoms with E-state index < -0.39 is 20.0 Å². The predicted molar refractivity (Wildman–Crippen MR) is 122 cm³/mol. The molecule has 8 nitrogen and oxygen atoms in total. The van der Waals surface area contributed by atoms with E-state index in [1.807, 2.05) is 0 Å². The maximum Gasteiger partial charge on any atom is 0.262 e. The molecule has 11 heteroatoms. The fourth-order valence-corrected chi connectivity index (χ4v) is 7.41. The number of rotatable bonds is 5. The summed E-state index contributed by atoms with van der Waals surface area (Å²) in [5.41, 5.74) is 1.02. The van der Waals surface area contributed by atoms with Crippen LogP contribution < -0.4 is 10.0 Å². The lowest BCUT2D eigenvalue weighted by Crippen LogP contribution is -2.28. The molecule has 2 aliphatic heterocycles. The summed E-state index contributed by atoms with van der Waals surface area (Å²) in [6.45, 7) is 0.810. The molecule has 0 unspecified atom stereocenters. The third kappa shape index (κ3) is 3.34. The van der Waals surface area contributed by atoms with Crippen LogP contribution in [0.4, 0.5) is 11.4 Å². The maximum atomic E-state index is 13.2. The highest BCUT2D eigenvalue weighted by atomic mass is 35.5. The molecule has 1 fully saturated rings. The van der Waals surface area contributed by atoms with Crippen molar-refractivity contribution >= 4 is 59.7 Å². The summed E-state index contributed by atoms with van der Waals surface area (Å²) < 4.78 is 56.2. The van der Waals surface area contributed by atoms with Gasteiger partial charge in [0.15, 0.2) is 0 Å². The monoisotopic (exact) mass is 491 g/mol. The lowest BCUT2D eigenvalue weighted by atomic mass is 10.1. The van der Waals surface area contributed by atoms with Crippen LogP contribution in [-0.2, 0) is 20.0 Å². The van der Waals surface area contributed by atoms with Crippen molar-refractivity contribution in [2.75, 3.05) is 23.1 Å². The fourth-order valence-electron chi connectivity index (χ4n) is 4.14. The summed E-state index contributed by atoms with van der Waals surface area (Å²) in [7, 11) is -7.93. The molecular weight excluding hydrogens is 474 g/mol. The number of carbonyl (C=O) groups is 1. The van der Waals surface area contributed by atoms with Crippen LogP contribution in [0.1, 0.15) is 23.2 Å². The van der Waals surface area contributed by atoms with Crippen molar-refractivity contribution in [3.05, 3.63) is 59.1 Å². The Morgan fingerprint density at radius 3 is 2.44 bits per heavy atom. The van der Waals surface area contributed by atoms with Gasteiger partial charge in [-0.15, -0.1) is 0 Å². The van der Waals surface area contributed by atoms with E-state index in [2.05, 4.69) is 10.0 Å². The Kier molecular flexibility index (Phi) is 4.93. The van der Waals surface area contributed by atoms with E-state index in [9.17, 15) is 21.6 Å². The van der Waals surface area contributed by atoms with Crippen LogP contribution in [0.3, 0.4) is 0 Å². The molecule has 2 N–H and O–H groups in total. The first-order chi connectivity index (χ1) is 15.2. The zero-order valence-corrected chi connectivity index (χ0v) is 19.0. The third-order valence-electron chi connectivity index (χ3n) is 5.65. The van der Waals surface area contributed by atoms with Crippen molar-refractivity contribution in [2.24, 2.45) is 0 Å². The zero-order chi connectivity index (χ0) is 22.7. The van der Waals surface area contributed by atoms with Gasteiger partial charge < -0.3 is 5.32 Å². The van der Waals surface area contributed by atoms with E-state index in [1.54, 1.807) is 18.2 Å². The number of anilines is 2. The molecule has 166 valence electrons. The molecule has 5 rings (SSSR count). The standard InChI is InChI=1S/C21H18ClN3O5S2/c22-16-7-6-13(12-19(16)32(29,30)25-10-1-2-11-25)24-31(27,28)18-9-8-17-20-14(18)4-3-5-15(20)21(26)23-17/h3-9,12,24H,1-2,10-11H2,(H,23,26). The number of benzene rings is 3. The molecule has 3 aromatic rings. The minimum Gasteiger partial charge on any atom is -0.321 e. The summed E-state index contributed by atoms with van der Waals surface area (Å²) in [6, 6.07) is 11.8.